The Morgan fingerprint density at radius 3 is 2.32 bits per heavy atom. The number of hydrogen-bond acceptors (Lipinski definition) is 4. The summed E-state index contributed by atoms with van der Waals surface area (Å²) < 4.78 is 16.9. The molecule has 0 atom stereocenters. The smallest absolute Gasteiger partial charge is 0.410 e. The summed E-state index contributed by atoms with van der Waals surface area (Å²) in [5.74, 6) is 0. The number of benzene rings is 1. The van der Waals surface area contributed by atoms with E-state index in [1.165, 1.54) is 6.42 Å². The van der Waals surface area contributed by atoms with Gasteiger partial charge in [0.2, 0.25) is 0 Å². The fraction of sp³-hybridized carbons (Fsp3) is 0.650. The molecule has 1 aliphatic rings. The zero-order chi connectivity index (χ0) is 17.9. The van der Waals surface area contributed by atoms with Crippen LogP contribution in [0.1, 0.15) is 51.5 Å². The predicted octanol–water partition coefficient (Wildman–Crippen LogP) is 4.36. The lowest BCUT2D eigenvalue weighted by molar-refractivity contribution is -0.148. The molecule has 1 aliphatic carbocycles. The molecule has 5 nitrogen and oxygen atoms in total. The summed E-state index contributed by atoms with van der Waals surface area (Å²) in [4.78, 5) is 14.6. The summed E-state index contributed by atoms with van der Waals surface area (Å²) in [6.45, 7) is 5.69. The maximum absolute atomic E-state index is 12.8. The van der Waals surface area contributed by atoms with Crippen molar-refractivity contribution in [2.45, 2.75) is 64.9 Å². The van der Waals surface area contributed by atoms with E-state index in [1.807, 2.05) is 49.1 Å². The van der Waals surface area contributed by atoms with Crippen molar-refractivity contribution in [3.8, 4) is 0 Å². The third kappa shape index (κ3) is 6.67. The van der Waals surface area contributed by atoms with Crippen LogP contribution >= 0.6 is 0 Å². The first kappa shape index (κ1) is 19.7. The molecule has 1 aromatic rings. The third-order valence-corrected chi connectivity index (χ3v) is 4.51. The molecule has 1 saturated carbocycles. The van der Waals surface area contributed by atoms with E-state index in [2.05, 4.69) is 0 Å². The van der Waals surface area contributed by atoms with Crippen LogP contribution in [0.3, 0.4) is 0 Å². The number of hydrogen-bond donors (Lipinski definition) is 0. The summed E-state index contributed by atoms with van der Waals surface area (Å²) >= 11 is 0. The molecule has 1 aromatic carbocycles. The highest BCUT2D eigenvalue weighted by atomic mass is 16.7. The lowest BCUT2D eigenvalue weighted by atomic mass is 9.94. The molecule has 0 radical (unpaired) electrons. The summed E-state index contributed by atoms with van der Waals surface area (Å²) in [6, 6.07) is 9.97. The molecule has 140 valence electrons. The molecule has 0 unspecified atom stereocenters. The van der Waals surface area contributed by atoms with Gasteiger partial charge in [0.05, 0.1) is 6.54 Å². The monoisotopic (exact) mass is 349 g/mol. The van der Waals surface area contributed by atoms with Crippen LogP contribution in [-0.4, -0.2) is 43.1 Å². The van der Waals surface area contributed by atoms with E-state index in [0.717, 1.165) is 31.2 Å². The molecule has 0 aliphatic heterocycles. The Hall–Kier alpha value is -1.59. The quantitative estimate of drug-likeness (QED) is 0.622. The van der Waals surface area contributed by atoms with Crippen LogP contribution in [0, 0.1) is 0 Å². The largest absolute Gasteiger partial charge is 0.445 e. The number of carbonyl (C=O) groups is 1. The Morgan fingerprint density at radius 1 is 1.08 bits per heavy atom. The molecule has 1 amide bonds. The Balaban J connectivity index is 1.99. The molecule has 0 heterocycles. The van der Waals surface area contributed by atoms with Crippen LogP contribution in [0.5, 0.6) is 0 Å². The molecule has 0 saturated heterocycles. The summed E-state index contributed by atoms with van der Waals surface area (Å²) in [7, 11) is 0. The second-order valence-corrected chi connectivity index (χ2v) is 6.32. The molecule has 2 rings (SSSR count). The second-order valence-electron chi connectivity index (χ2n) is 6.32. The van der Waals surface area contributed by atoms with Gasteiger partial charge < -0.3 is 19.1 Å². The number of amides is 1. The zero-order valence-electron chi connectivity index (χ0n) is 15.5. The highest BCUT2D eigenvalue weighted by molar-refractivity contribution is 5.68. The van der Waals surface area contributed by atoms with E-state index in [4.69, 9.17) is 14.2 Å². The SMILES string of the molecule is CCOC(CN(C(=O)OCc1ccccc1)C1CCCCC1)OCC. The summed E-state index contributed by atoms with van der Waals surface area (Å²) in [5.41, 5.74) is 0.991. The second kappa shape index (κ2) is 11.1. The van der Waals surface area contributed by atoms with Crippen molar-refractivity contribution in [1.82, 2.24) is 4.90 Å². The molecule has 25 heavy (non-hydrogen) atoms. The number of rotatable bonds is 9. The van der Waals surface area contributed by atoms with Gasteiger partial charge in [-0.05, 0) is 32.3 Å². The van der Waals surface area contributed by atoms with Gasteiger partial charge in [-0.2, -0.15) is 0 Å². The standard InChI is InChI=1S/C20H31NO4/c1-3-23-19(24-4-2)15-21(18-13-9-6-10-14-18)20(22)25-16-17-11-7-5-8-12-17/h5,7-8,11-12,18-19H,3-4,6,9-10,13-16H2,1-2H3. The van der Waals surface area contributed by atoms with Gasteiger partial charge in [0, 0.05) is 19.3 Å². The van der Waals surface area contributed by atoms with Gasteiger partial charge >= 0.3 is 6.09 Å². The fourth-order valence-electron chi connectivity index (χ4n) is 3.25. The van der Waals surface area contributed by atoms with Gasteiger partial charge in [0.15, 0.2) is 6.29 Å². The van der Waals surface area contributed by atoms with Crippen LogP contribution in [0.2, 0.25) is 0 Å². The average molecular weight is 349 g/mol. The Labute approximate surface area is 151 Å². The van der Waals surface area contributed by atoms with Crippen molar-refractivity contribution in [1.29, 1.82) is 0 Å². The highest BCUT2D eigenvalue weighted by Crippen LogP contribution is 2.24. The van der Waals surface area contributed by atoms with Crippen molar-refractivity contribution in [3.05, 3.63) is 35.9 Å². The van der Waals surface area contributed by atoms with Crippen LogP contribution in [-0.2, 0) is 20.8 Å². The minimum absolute atomic E-state index is 0.209. The minimum Gasteiger partial charge on any atom is -0.445 e. The molecule has 0 spiro atoms. The fourth-order valence-corrected chi connectivity index (χ4v) is 3.25. The maximum Gasteiger partial charge on any atom is 0.410 e. The van der Waals surface area contributed by atoms with Gasteiger partial charge in [-0.15, -0.1) is 0 Å². The van der Waals surface area contributed by atoms with Crippen molar-refractivity contribution < 1.29 is 19.0 Å². The lowest BCUT2D eigenvalue weighted by Crippen LogP contribution is -2.47. The van der Waals surface area contributed by atoms with E-state index in [0.29, 0.717) is 19.8 Å². The van der Waals surface area contributed by atoms with E-state index < -0.39 is 6.29 Å². The average Bonchev–Trinajstić information content (AvgIpc) is 2.66. The van der Waals surface area contributed by atoms with E-state index in [1.54, 1.807) is 0 Å². The first-order chi connectivity index (χ1) is 12.2. The normalized spacial score (nSPS) is 15.3. The summed E-state index contributed by atoms with van der Waals surface area (Å²) in [6.07, 6.45) is 4.91. The van der Waals surface area contributed by atoms with E-state index in [9.17, 15) is 4.79 Å². The Kier molecular flexibility index (Phi) is 8.77. The van der Waals surface area contributed by atoms with E-state index in [-0.39, 0.29) is 18.7 Å². The van der Waals surface area contributed by atoms with Gasteiger partial charge in [-0.3, -0.25) is 0 Å². The minimum atomic E-state index is -0.402. The van der Waals surface area contributed by atoms with Gasteiger partial charge in [0.1, 0.15) is 6.61 Å². The van der Waals surface area contributed by atoms with Gasteiger partial charge in [-0.25, -0.2) is 4.79 Å². The number of nitrogens with zero attached hydrogens (tertiary/aromatic N) is 1. The number of ether oxygens (including phenoxy) is 3. The van der Waals surface area contributed by atoms with Crippen molar-refractivity contribution in [2.24, 2.45) is 0 Å². The molecule has 0 bridgehead atoms. The topological polar surface area (TPSA) is 48.0 Å². The Morgan fingerprint density at radius 2 is 1.72 bits per heavy atom. The first-order valence-corrected chi connectivity index (χ1v) is 9.45. The van der Waals surface area contributed by atoms with Crippen LogP contribution in [0.25, 0.3) is 0 Å². The molecular formula is C20H31NO4. The molecule has 0 aromatic heterocycles. The first-order valence-electron chi connectivity index (χ1n) is 9.45. The summed E-state index contributed by atoms with van der Waals surface area (Å²) in [5, 5.41) is 0. The molecule has 5 heteroatoms. The molecule has 1 fully saturated rings. The van der Waals surface area contributed by atoms with Crippen molar-refractivity contribution >= 4 is 6.09 Å². The number of carbonyl (C=O) groups excluding carboxylic acids is 1. The van der Waals surface area contributed by atoms with Crippen molar-refractivity contribution in [2.75, 3.05) is 19.8 Å². The molecular weight excluding hydrogens is 318 g/mol. The predicted molar refractivity (Wildman–Crippen MR) is 97.2 cm³/mol. The van der Waals surface area contributed by atoms with Crippen molar-refractivity contribution in [3.63, 3.8) is 0 Å². The zero-order valence-corrected chi connectivity index (χ0v) is 15.5. The van der Waals surface area contributed by atoms with Crippen LogP contribution in [0.4, 0.5) is 4.79 Å². The highest BCUT2D eigenvalue weighted by Gasteiger charge is 2.29. The van der Waals surface area contributed by atoms with Crippen LogP contribution in [0.15, 0.2) is 30.3 Å². The van der Waals surface area contributed by atoms with Gasteiger partial charge in [0.25, 0.3) is 0 Å². The van der Waals surface area contributed by atoms with E-state index >= 15 is 0 Å². The van der Waals surface area contributed by atoms with Crippen LogP contribution < -0.4 is 0 Å². The maximum atomic E-state index is 12.8. The molecule has 0 N–H and O–H groups in total. The lowest BCUT2D eigenvalue weighted by Gasteiger charge is -2.35. The Bertz CT molecular complexity index is 482. The third-order valence-electron chi connectivity index (χ3n) is 4.51. The van der Waals surface area contributed by atoms with Gasteiger partial charge in [-0.1, -0.05) is 49.6 Å².